The minimum atomic E-state index is -0.511. The Morgan fingerprint density at radius 1 is 1.26 bits per heavy atom. The number of hydrogen-bond acceptors (Lipinski definition) is 6. The third kappa shape index (κ3) is 3.11. The van der Waals surface area contributed by atoms with Crippen LogP contribution >= 0.6 is 11.3 Å². The number of anilines is 1. The summed E-state index contributed by atoms with van der Waals surface area (Å²) >= 11 is 1.33. The van der Waals surface area contributed by atoms with Crippen molar-refractivity contribution >= 4 is 38.3 Å². The van der Waals surface area contributed by atoms with Gasteiger partial charge in [-0.15, -0.1) is 0 Å². The molecule has 116 valence electrons. The first-order chi connectivity index (χ1) is 11.1. The van der Waals surface area contributed by atoms with Gasteiger partial charge < -0.3 is 4.74 Å². The van der Waals surface area contributed by atoms with E-state index in [1.807, 2.05) is 12.1 Å². The molecule has 8 heteroatoms. The minimum Gasteiger partial charge on any atom is -0.497 e. The van der Waals surface area contributed by atoms with E-state index in [0.717, 1.165) is 16.0 Å². The number of carbonyl (C=O) groups excluding carboxylic acids is 1. The Morgan fingerprint density at radius 2 is 2.00 bits per heavy atom. The molecule has 3 aromatic rings. The van der Waals surface area contributed by atoms with E-state index in [1.54, 1.807) is 13.2 Å². The fraction of sp³-hybridized carbons (Fsp3) is 0.0667. The van der Waals surface area contributed by atoms with Crippen LogP contribution in [0.15, 0.2) is 42.5 Å². The highest BCUT2D eigenvalue weighted by atomic mass is 32.1. The van der Waals surface area contributed by atoms with E-state index < -0.39 is 4.92 Å². The zero-order valence-corrected chi connectivity index (χ0v) is 12.8. The molecule has 1 N–H and O–H groups in total. The van der Waals surface area contributed by atoms with E-state index in [1.165, 1.54) is 35.6 Å². The summed E-state index contributed by atoms with van der Waals surface area (Å²) in [7, 11) is 1.58. The van der Waals surface area contributed by atoms with Gasteiger partial charge >= 0.3 is 0 Å². The molecule has 0 atom stereocenters. The topological polar surface area (TPSA) is 94.4 Å². The number of nitrogens with zero attached hydrogens (tertiary/aromatic N) is 2. The molecule has 3 rings (SSSR count). The molecule has 0 saturated carbocycles. The van der Waals surface area contributed by atoms with E-state index in [2.05, 4.69) is 10.3 Å². The predicted molar refractivity (Wildman–Crippen MR) is 87.2 cm³/mol. The van der Waals surface area contributed by atoms with Gasteiger partial charge in [-0.1, -0.05) is 11.3 Å². The molecule has 0 unspecified atom stereocenters. The van der Waals surface area contributed by atoms with Crippen molar-refractivity contribution in [2.75, 3.05) is 12.4 Å². The normalized spacial score (nSPS) is 10.5. The van der Waals surface area contributed by atoms with Crippen LogP contribution in [0.5, 0.6) is 5.75 Å². The first-order valence-electron chi connectivity index (χ1n) is 6.57. The summed E-state index contributed by atoms with van der Waals surface area (Å²) in [6, 6.07) is 10.8. The Bertz CT molecular complexity index is 889. The van der Waals surface area contributed by atoms with Crippen LogP contribution in [0.3, 0.4) is 0 Å². The summed E-state index contributed by atoms with van der Waals surface area (Å²) in [6.45, 7) is 0. The number of carbonyl (C=O) groups is 1. The van der Waals surface area contributed by atoms with Gasteiger partial charge in [0.05, 0.1) is 22.2 Å². The zero-order valence-electron chi connectivity index (χ0n) is 12.0. The van der Waals surface area contributed by atoms with Crippen LogP contribution in [-0.2, 0) is 0 Å². The summed E-state index contributed by atoms with van der Waals surface area (Å²) in [4.78, 5) is 26.6. The maximum absolute atomic E-state index is 12.2. The van der Waals surface area contributed by atoms with Gasteiger partial charge in [0.2, 0.25) is 0 Å². The molecule has 0 aliphatic rings. The van der Waals surface area contributed by atoms with Crippen molar-refractivity contribution in [1.29, 1.82) is 0 Å². The van der Waals surface area contributed by atoms with E-state index in [4.69, 9.17) is 4.74 Å². The Kier molecular flexibility index (Phi) is 3.90. The Balaban J connectivity index is 1.80. The first kappa shape index (κ1) is 14.9. The number of nitro benzene ring substituents is 1. The smallest absolute Gasteiger partial charge is 0.269 e. The van der Waals surface area contributed by atoms with Gasteiger partial charge in [-0.2, -0.15) is 0 Å². The maximum Gasteiger partial charge on any atom is 0.269 e. The fourth-order valence-electron chi connectivity index (χ4n) is 1.99. The second kappa shape index (κ2) is 6.01. The van der Waals surface area contributed by atoms with Crippen LogP contribution in [0.4, 0.5) is 10.8 Å². The lowest BCUT2D eigenvalue weighted by molar-refractivity contribution is -0.384. The van der Waals surface area contributed by atoms with Gasteiger partial charge in [-0.3, -0.25) is 20.2 Å². The molecule has 0 aliphatic heterocycles. The van der Waals surface area contributed by atoms with Crippen molar-refractivity contribution in [2.24, 2.45) is 0 Å². The standard InChI is InChI=1S/C15H11N3O4S/c1-22-11-6-7-12-13(8-11)23-15(16-12)17-14(19)9-2-4-10(5-3-9)18(20)21/h2-8H,1H3,(H,16,17,19). The van der Waals surface area contributed by atoms with Crippen LogP contribution in [0, 0.1) is 10.1 Å². The number of amides is 1. The molecule has 0 spiro atoms. The highest BCUT2D eigenvalue weighted by molar-refractivity contribution is 7.22. The maximum atomic E-state index is 12.2. The summed E-state index contributed by atoms with van der Waals surface area (Å²) in [5.74, 6) is 0.348. The van der Waals surface area contributed by atoms with Crippen molar-refractivity contribution in [2.45, 2.75) is 0 Å². The van der Waals surface area contributed by atoms with Crippen molar-refractivity contribution < 1.29 is 14.5 Å². The molecule has 0 saturated heterocycles. The number of hydrogen-bond donors (Lipinski definition) is 1. The molecular formula is C15H11N3O4S. The summed E-state index contributed by atoms with van der Waals surface area (Å²) in [5.41, 5.74) is 1.02. The van der Waals surface area contributed by atoms with Gasteiger partial charge in [-0.05, 0) is 30.3 Å². The van der Waals surface area contributed by atoms with E-state index in [9.17, 15) is 14.9 Å². The SMILES string of the molecule is COc1ccc2nc(NC(=O)c3ccc([N+](=O)[O-])cc3)sc2c1. The number of methoxy groups -OCH3 is 1. The number of non-ortho nitro benzene ring substituents is 1. The largest absolute Gasteiger partial charge is 0.497 e. The van der Waals surface area contributed by atoms with Gasteiger partial charge in [0, 0.05) is 17.7 Å². The van der Waals surface area contributed by atoms with Gasteiger partial charge in [0.15, 0.2) is 5.13 Å². The summed E-state index contributed by atoms with van der Waals surface area (Å²) in [6.07, 6.45) is 0. The molecule has 0 fully saturated rings. The van der Waals surface area contributed by atoms with Crippen molar-refractivity contribution in [3.05, 3.63) is 58.1 Å². The number of nitro groups is 1. The number of benzene rings is 2. The van der Waals surface area contributed by atoms with Gasteiger partial charge in [-0.25, -0.2) is 4.98 Å². The monoisotopic (exact) mass is 329 g/mol. The average molecular weight is 329 g/mol. The summed E-state index contributed by atoms with van der Waals surface area (Å²) in [5, 5.41) is 13.8. The lowest BCUT2D eigenvalue weighted by Crippen LogP contribution is -2.11. The van der Waals surface area contributed by atoms with Gasteiger partial charge in [0.25, 0.3) is 11.6 Å². The van der Waals surface area contributed by atoms with Crippen LogP contribution in [0.2, 0.25) is 0 Å². The lowest BCUT2D eigenvalue weighted by Gasteiger charge is -2.00. The molecule has 0 radical (unpaired) electrons. The predicted octanol–water partition coefficient (Wildman–Crippen LogP) is 3.47. The minimum absolute atomic E-state index is 0.0615. The number of rotatable bonds is 4. The average Bonchev–Trinajstić information content (AvgIpc) is 2.95. The Morgan fingerprint density at radius 3 is 2.65 bits per heavy atom. The molecule has 2 aromatic carbocycles. The number of ether oxygens (including phenoxy) is 1. The first-order valence-corrected chi connectivity index (χ1v) is 7.39. The van der Waals surface area contributed by atoms with Crippen LogP contribution in [0.1, 0.15) is 10.4 Å². The van der Waals surface area contributed by atoms with E-state index >= 15 is 0 Å². The van der Waals surface area contributed by atoms with Crippen LogP contribution in [0.25, 0.3) is 10.2 Å². The second-order valence-electron chi connectivity index (χ2n) is 4.61. The van der Waals surface area contributed by atoms with E-state index in [-0.39, 0.29) is 11.6 Å². The van der Waals surface area contributed by atoms with Crippen molar-refractivity contribution in [3.63, 3.8) is 0 Å². The molecular weight excluding hydrogens is 318 g/mol. The molecule has 0 bridgehead atoms. The van der Waals surface area contributed by atoms with Crippen molar-refractivity contribution in [1.82, 2.24) is 4.98 Å². The highest BCUT2D eigenvalue weighted by Crippen LogP contribution is 2.29. The van der Waals surface area contributed by atoms with Crippen molar-refractivity contribution in [3.8, 4) is 5.75 Å². The number of aromatic nitrogens is 1. The molecule has 23 heavy (non-hydrogen) atoms. The fourth-order valence-corrected chi connectivity index (χ4v) is 2.88. The molecule has 1 aromatic heterocycles. The zero-order chi connectivity index (χ0) is 16.4. The number of thiazole rings is 1. The van der Waals surface area contributed by atoms with Crippen LogP contribution in [-0.4, -0.2) is 22.9 Å². The second-order valence-corrected chi connectivity index (χ2v) is 5.64. The molecule has 1 heterocycles. The number of fused-ring (bicyclic) bond motifs is 1. The Hall–Kier alpha value is -3.00. The van der Waals surface area contributed by atoms with E-state index in [0.29, 0.717) is 10.7 Å². The molecule has 0 aliphatic carbocycles. The molecule has 1 amide bonds. The summed E-state index contributed by atoms with van der Waals surface area (Å²) < 4.78 is 6.04. The lowest BCUT2D eigenvalue weighted by atomic mass is 10.2. The number of nitrogens with one attached hydrogen (secondary N) is 1. The van der Waals surface area contributed by atoms with Gasteiger partial charge in [0.1, 0.15) is 5.75 Å². The third-order valence-electron chi connectivity index (χ3n) is 3.16. The molecule has 7 nitrogen and oxygen atoms in total. The quantitative estimate of drug-likeness (QED) is 0.584. The van der Waals surface area contributed by atoms with Crippen LogP contribution < -0.4 is 10.1 Å². The highest BCUT2D eigenvalue weighted by Gasteiger charge is 2.12. The third-order valence-corrected chi connectivity index (χ3v) is 4.09. The Labute approximate surface area is 134 Å².